The van der Waals surface area contributed by atoms with Crippen LogP contribution >= 0.6 is 0 Å². The van der Waals surface area contributed by atoms with Crippen molar-refractivity contribution in [2.45, 2.75) is 6.18 Å². The molecule has 1 heterocycles. The van der Waals surface area contributed by atoms with Gasteiger partial charge in [0.15, 0.2) is 0 Å². The molecule has 122 valence electrons. The van der Waals surface area contributed by atoms with Gasteiger partial charge in [-0.2, -0.15) is 17.6 Å². The lowest BCUT2D eigenvalue weighted by atomic mass is 10.0. The van der Waals surface area contributed by atoms with Gasteiger partial charge in [-0.05, 0) is 42.0 Å². The maximum atomic E-state index is 13.3. The molecule has 1 aromatic heterocycles. The van der Waals surface area contributed by atoms with E-state index in [2.05, 4.69) is 10.3 Å². The largest absolute Gasteiger partial charge is 0.416 e. The fraction of sp³-hybridized carbons (Fsp3) is 0.0556. The molecule has 0 unspecified atom stereocenters. The Labute approximate surface area is 135 Å². The van der Waals surface area contributed by atoms with Gasteiger partial charge in [0.05, 0.1) is 5.56 Å². The topological polar surface area (TPSA) is 24.9 Å². The molecule has 0 amide bonds. The SMILES string of the molecule is Fc1cc(-c2ccccc2Nc2ccc(C(F)(F)F)cc2)ccn1. The van der Waals surface area contributed by atoms with E-state index in [-0.39, 0.29) is 0 Å². The lowest BCUT2D eigenvalue weighted by Gasteiger charge is -2.13. The Balaban J connectivity index is 1.91. The van der Waals surface area contributed by atoms with Gasteiger partial charge in [0.1, 0.15) is 0 Å². The van der Waals surface area contributed by atoms with E-state index in [1.165, 1.54) is 24.4 Å². The molecule has 0 aliphatic carbocycles. The Morgan fingerprint density at radius 1 is 0.875 bits per heavy atom. The number of pyridine rings is 1. The highest BCUT2D eigenvalue weighted by atomic mass is 19.4. The van der Waals surface area contributed by atoms with Crippen LogP contribution in [0, 0.1) is 5.95 Å². The van der Waals surface area contributed by atoms with Gasteiger partial charge in [-0.1, -0.05) is 18.2 Å². The van der Waals surface area contributed by atoms with Gasteiger partial charge in [0.25, 0.3) is 0 Å². The minimum Gasteiger partial charge on any atom is -0.355 e. The van der Waals surface area contributed by atoms with Crippen LogP contribution in [-0.4, -0.2) is 4.98 Å². The van der Waals surface area contributed by atoms with Gasteiger partial charge >= 0.3 is 6.18 Å². The van der Waals surface area contributed by atoms with Crippen molar-refractivity contribution >= 4 is 11.4 Å². The minimum atomic E-state index is -4.37. The molecule has 0 aliphatic rings. The molecule has 0 saturated heterocycles. The van der Waals surface area contributed by atoms with Crippen LogP contribution in [0.25, 0.3) is 11.1 Å². The van der Waals surface area contributed by atoms with Crippen LogP contribution < -0.4 is 5.32 Å². The molecule has 0 bridgehead atoms. The third-order valence-electron chi connectivity index (χ3n) is 3.46. The first kappa shape index (κ1) is 16.0. The van der Waals surface area contributed by atoms with Gasteiger partial charge in [-0.3, -0.25) is 0 Å². The zero-order valence-corrected chi connectivity index (χ0v) is 12.3. The van der Waals surface area contributed by atoms with Crippen molar-refractivity contribution in [3.8, 4) is 11.1 Å². The third-order valence-corrected chi connectivity index (χ3v) is 3.46. The molecule has 1 N–H and O–H groups in total. The minimum absolute atomic E-state index is 0.505. The summed E-state index contributed by atoms with van der Waals surface area (Å²) in [6, 6.07) is 14.8. The molecule has 0 aliphatic heterocycles. The second-order valence-electron chi connectivity index (χ2n) is 5.11. The van der Waals surface area contributed by atoms with Gasteiger partial charge in [-0.25, -0.2) is 4.98 Å². The summed E-state index contributed by atoms with van der Waals surface area (Å²) in [4.78, 5) is 3.52. The van der Waals surface area contributed by atoms with E-state index in [1.54, 1.807) is 30.3 Å². The Bertz CT molecular complexity index is 842. The summed E-state index contributed by atoms with van der Waals surface area (Å²) >= 11 is 0. The average Bonchev–Trinajstić information content (AvgIpc) is 2.55. The third kappa shape index (κ3) is 3.53. The molecule has 6 heteroatoms. The first-order chi connectivity index (χ1) is 11.4. The van der Waals surface area contributed by atoms with Gasteiger partial charge < -0.3 is 5.32 Å². The molecule has 2 nitrogen and oxygen atoms in total. The highest BCUT2D eigenvalue weighted by molar-refractivity contribution is 5.80. The van der Waals surface area contributed by atoms with E-state index in [0.29, 0.717) is 16.9 Å². The van der Waals surface area contributed by atoms with Crippen LogP contribution in [0.5, 0.6) is 0 Å². The summed E-state index contributed by atoms with van der Waals surface area (Å²) < 4.78 is 51.2. The first-order valence-corrected chi connectivity index (χ1v) is 7.09. The second kappa shape index (κ2) is 6.31. The average molecular weight is 332 g/mol. The number of hydrogen-bond acceptors (Lipinski definition) is 2. The smallest absolute Gasteiger partial charge is 0.355 e. The van der Waals surface area contributed by atoms with Crippen LogP contribution in [-0.2, 0) is 6.18 Å². The number of hydrogen-bond donors (Lipinski definition) is 1. The predicted octanol–water partition coefficient (Wildman–Crippen LogP) is 5.65. The van der Waals surface area contributed by atoms with Crippen molar-refractivity contribution < 1.29 is 17.6 Å². The number of para-hydroxylation sites is 1. The number of benzene rings is 2. The van der Waals surface area contributed by atoms with Crippen molar-refractivity contribution in [1.29, 1.82) is 0 Å². The van der Waals surface area contributed by atoms with Crippen molar-refractivity contribution in [3.63, 3.8) is 0 Å². The molecule has 0 fully saturated rings. The number of alkyl halides is 3. The standard InChI is InChI=1S/C18H12F4N2/c19-17-11-12(9-10-23-17)15-3-1-2-4-16(15)24-14-7-5-13(6-8-14)18(20,21)22/h1-11,24H. The number of nitrogens with one attached hydrogen (secondary N) is 1. The number of nitrogens with zero attached hydrogens (tertiary/aromatic N) is 1. The summed E-state index contributed by atoms with van der Waals surface area (Å²) in [6.07, 6.45) is -3.01. The van der Waals surface area contributed by atoms with Crippen LogP contribution in [0.1, 0.15) is 5.56 Å². The van der Waals surface area contributed by atoms with Gasteiger partial charge in [0, 0.05) is 29.2 Å². The summed E-state index contributed by atoms with van der Waals surface area (Å²) in [5.74, 6) is -0.600. The molecule has 3 aromatic rings. The summed E-state index contributed by atoms with van der Waals surface area (Å²) in [5, 5.41) is 3.06. The van der Waals surface area contributed by atoms with E-state index in [4.69, 9.17) is 0 Å². The monoisotopic (exact) mass is 332 g/mol. The Morgan fingerprint density at radius 2 is 1.58 bits per heavy atom. The molecule has 0 radical (unpaired) electrons. The van der Waals surface area contributed by atoms with E-state index in [1.807, 2.05) is 0 Å². The highest BCUT2D eigenvalue weighted by Gasteiger charge is 2.29. The van der Waals surface area contributed by atoms with E-state index in [0.717, 1.165) is 17.7 Å². The maximum absolute atomic E-state index is 13.3. The molecule has 0 saturated carbocycles. The molecular weight excluding hydrogens is 320 g/mol. The fourth-order valence-electron chi connectivity index (χ4n) is 2.31. The molecule has 24 heavy (non-hydrogen) atoms. The van der Waals surface area contributed by atoms with Crippen LogP contribution in [0.4, 0.5) is 28.9 Å². The van der Waals surface area contributed by atoms with Crippen LogP contribution in [0.2, 0.25) is 0 Å². The lowest BCUT2D eigenvalue weighted by Crippen LogP contribution is -2.04. The first-order valence-electron chi connectivity index (χ1n) is 7.09. The Hall–Kier alpha value is -2.89. The molecular formula is C18H12F4N2. The van der Waals surface area contributed by atoms with Crippen molar-refractivity contribution in [3.05, 3.63) is 78.4 Å². The molecule has 3 rings (SSSR count). The van der Waals surface area contributed by atoms with E-state index >= 15 is 0 Å². The predicted molar refractivity (Wildman–Crippen MR) is 84.4 cm³/mol. The lowest BCUT2D eigenvalue weighted by molar-refractivity contribution is -0.137. The van der Waals surface area contributed by atoms with Crippen molar-refractivity contribution in [2.75, 3.05) is 5.32 Å². The number of halogens is 4. The highest BCUT2D eigenvalue weighted by Crippen LogP contribution is 2.32. The van der Waals surface area contributed by atoms with Gasteiger partial charge in [-0.15, -0.1) is 0 Å². The maximum Gasteiger partial charge on any atom is 0.416 e. The number of aromatic nitrogens is 1. The second-order valence-corrected chi connectivity index (χ2v) is 5.11. The number of rotatable bonds is 3. The van der Waals surface area contributed by atoms with E-state index < -0.39 is 17.7 Å². The summed E-state index contributed by atoms with van der Waals surface area (Å²) in [5.41, 5.74) is 1.79. The quantitative estimate of drug-likeness (QED) is 0.495. The van der Waals surface area contributed by atoms with E-state index in [9.17, 15) is 17.6 Å². The normalized spacial score (nSPS) is 11.3. The van der Waals surface area contributed by atoms with Crippen molar-refractivity contribution in [1.82, 2.24) is 4.98 Å². The Kier molecular flexibility index (Phi) is 4.20. The van der Waals surface area contributed by atoms with Crippen molar-refractivity contribution in [2.24, 2.45) is 0 Å². The fourth-order valence-corrected chi connectivity index (χ4v) is 2.31. The molecule has 2 aromatic carbocycles. The molecule has 0 atom stereocenters. The number of anilines is 2. The summed E-state index contributed by atoms with van der Waals surface area (Å²) in [7, 11) is 0. The van der Waals surface area contributed by atoms with Gasteiger partial charge in [0.2, 0.25) is 5.95 Å². The van der Waals surface area contributed by atoms with Crippen LogP contribution in [0.3, 0.4) is 0 Å². The van der Waals surface area contributed by atoms with Crippen LogP contribution in [0.15, 0.2) is 66.9 Å². The Morgan fingerprint density at radius 3 is 2.25 bits per heavy atom. The molecule has 0 spiro atoms. The zero-order valence-electron chi connectivity index (χ0n) is 12.3. The zero-order chi connectivity index (χ0) is 17.2. The summed E-state index contributed by atoms with van der Waals surface area (Å²) in [6.45, 7) is 0.